The molecule has 18 heavy (non-hydrogen) atoms. The summed E-state index contributed by atoms with van der Waals surface area (Å²) in [7, 11) is 5.08. The number of amides is 2. The van der Waals surface area contributed by atoms with Gasteiger partial charge < -0.3 is 19.1 Å². The molecule has 2 heterocycles. The smallest absolute Gasteiger partial charge is 0.319 e. The molecule has 0 bridgehead atoms. The molecule has 2 amide bonds. The van der Waals surface area contributed by atoms with Crippen LogP contribution in [0.4, 0.5) is 4.79 Å². The molecule has 0 radical (unpaired) electrons. The molecule has 1 aromatic heterocycles. The zero-order valence-electron chi connectivity index (χ0n) is 10.9. The number of urea groups is 1. The topological polar surface area (TPSA) is 71.7 Å². The third-order valence-corrected chi connectivity index (χ3v) is 2.96. The average Bonchev–Trinajstić information content (AvgIpc) is 2.96. The lowest BCUT2D eigenvalue weighted by atomic mass is 10.1. The van der Waals surface area contributed by atoms with E-state index in [0.29, 0.717) is 24.9 Å². The summed E-state index contributed by atoms with van der Waals surface area (Å²) in [5, 5.41) is 3.94. The van der Waals surface area contributed by atoms with Crippen molar-refractivity contribution in [3.05, 3.63) is 11.7 Å². The van der Waals surface area contributed by atoms with E-state index in [1.807, 2.05) is 0 Å². The number of ether oxygens (including phenoxy) is 1. The van der Waals surface area contributed by atoms with Gasteiger partial charge in [0.2, 0.25) is 0 Å². The van der Waals surface area contributed by atoms with E-state index in [2.05, 4.69) is 10.1 Å². The van der Waals surface area contributed by atoms with Crippen LogP contribution in [0.3, 0.4) is 0 Å². The number of methoxy groups -OCH3 is 1. The van der Waals surface area contributed by atoms with Crippen LogP contribution in [-0.2, 0) is 11.3 Å². The highest BCUT2D eigenvalue weighted by molar-refractivity contribution is 5.74. The minimum absolute atomic E-state index is 0.0260. The Morgan fingerprint density at radius 3 is 3.06 bits per heavy atom. The van der Waals surface area contributed by atoms with Gasteiger partial charge in [-0.1, -0.05) is 5.16 Å². The molecule has 0 aromatic carbocycles. The highest BCUT2D eigenvalue weighted by Crippen LogP contribution is 2.25. The van der Waals surface area contributed by atoms with Gasteiger partial charge in [0, 0.05) is 40.2 Å². The van der Waals surface area contributed by atoms with Gasteiger partial charge in [-0.15, -0.1) is 0 Å². The second kappa shape index (κ2) is 5.34. The van der Waals surface area contributed by atoms with E-state index in [-0.39, 0.29) is 11.9 Å². The summed E-state index contributed by atoms with van der Waals surface area (Å²) in [5.41, 5.74) is 0. The van der Waals surface area contributed by atoms with Crippen LogP contribution in [0.15, 0.2) is 4.52 Å². The van der Waals surface area contributed by atoms with Gasteiger partial charge in [-0.05, 0) is 6.42 Å². The van der Waals surface area contributed by atoms with E-state index in [4.69, 9.17) is 9.26 Å². The van der Waals surface area contributed by atoms with Gasteiger partial charge in [-0.25, -0.2) is 4.79 Å². The number of hydrogen-bond donors (Lipinski definition) is 0. The summed E-state index contributed by atoms with van der Waals surface area (Å²) in [4.78, 5) is 19.4. The van der Waals surface area contributed by atoms with E-state index < -0.39 is 0 Å². The minimum Gasteiger partial charge on any atom is -0.375 e. The predicted octanol–water partition coefficient (Wildman–Crippen LogP) is 0.687. The lowest BCUT2D eigenvalue weighted by molar-refractivity contribution is 0.151. The van der Waals surface area contributed by atoms with Crippen LogP contribution >= 0.6 is 0 Å². The molecule has 0 aliphatic carbocycles. The van der Waals surface area contributed by atoms with Crippen molar-refractivity contribution >= 4 is 6.03 Å². The Hall–Kier alpha value is -1.63. The fraction of sp³-hybridized carbons (Fsp3) is 0.727. The van der Waals surface area contributed by atoms with Gasteiger partial charge in [-0.3, -0.25) is 0 Å². The standard InChI is InChI=1S/C11H18N4O3/c1-14(2)11(16)15-5-4-8(6-15)10-12-9(7-17-3)18-13-10/h8H,4-7H2,1-3H3. The molecule has 1 fully saturated rings. The highest BCUT2D eigenvalue weighted by Gasteiger charge is 2.31. The van der Waals surface area contributed by atoms with Crippen LogP contribution in [0.1, 0.15) is 24.1 Å². The molecule has 7 nitrogen and oxygen atoms in total. The van der Waals surface area contributed by atoms with Crippen LogP contribution in [0.5, 0.6) is 0 Å². The second-order valence-corrected chi connectivity index (χ2v) is 4.59. The molecule has 1 aliphatic rings. The van der Waals surface area contributed by atoms with Gasteiger partial charge in [0.15, 0.2) is 5.82 Å². The van der Waals surface area contributed by atoms with Gasteiger partial charge >= 0.3 is 6.03 Å². The summed E-state index contributed by atoms with van der Waals surface area (Å²) in [6, 6.07) is 0.0260. The minimum atomic E-state index is 0.0260. The molecule has 1 aromatic rings. The largest absolute Gasteiger partial charge is 0.375 e. The number of rotatable bonds is 3. The van der Waals surface area contributed by atoms with E-state index in [0.717, 1.165) is 13.0 Å². The number of nitrogens with zero attached hydrogens (tertiary/aromatic N) is 4. The predicted molar refractivity (Wildman–Crippen MR) is 63.0 cm³/mol. The summed E-state index contributed by atoms with van der Waals surface area (Å²) in [5.74, 6) is 1.30. The molecule has 7 heteroatoms. The van der Waals surface area contributed by atoms with Crippen LogP contribution in [-0.4, -0.2) is 60.3 Å². The van der Waals surface area contributed by atoms with Crippen LogP contribution in [0, 0.1) is 0 Å². The van der Waals surface area contributed by atoms with Crippen molar-refractivity contribution in [1.82, 2.24) is 19.9 Å². The Labute approximate surface area is 106 Å². The van der Waals surface area contributed by atoms with Crippen LogP contribution in [0.2, 0.25) is 0 Å². The van der Waals surface area contributed by atoms with Gasteiger partial charge in [0.1, 0.15) is 6.61 Å². The number of aromatic nitrogens is 2. The van der Waals surface area contributed by atoms with Gasteiger partial charge in [-0.2, -0.15) is 4.98 Å². The monoisotopic (exact) mass is 254 g/mol. The maximum Gasteiger partial charge on any atom is 0.319 e. The van der Waals surface area contributed by atoms with Crippen LogP contribution in [0.25, 0.3) is 0 Å². The Bertz CT molecular complexity index is 418. The Morgan fingerprint density at radius 2 is 2.39 bits per heavy atom. The van der Waals surface area contributed by atoms with Crippen molar-refractivity contribution in [3.8, 4) is 0 Å². The number of hydrogen-bond acceptors (Lipinski definition) is 5. The normalized spacial score (nSPS) is 19.3. The molecule has 100 valence electrons. The molecule has 1 unspecified atom stereocenters. The first-order valence-electron chi connectivity index (χ1n) is 5.89. The Balaban J connectivity index is 1.97. The van der Waals surface area contributed by atoms with Crippen molar-refractivity contribution in [2.45, 2.75) is 18.9 Å². The quantitative estimate of drug-likeness (QED) is 0.793. The van der Waals surface area contributed by atoms with E-state index in [1.165, 1.54) is 0 Å². The highest BCUT2D eigenvalue weighted by atomic mass is 16.5. The van der Waals surface area contributed by atoms with Crippen molar-refractivity contribution in [2.75, 3.05) is 34.3 Å². The number of likely N-dealkylation sites (tertiary alicyclic amines) is 1. The molecular formula is C11H18N4O3. The SMILES string of the molecule is COCc1nc(C2CCN(C(=O)N(C)C)C2)no1. The molecule has 0 saturated carbocycles. The maximum absolute atomic E-state index is 11.8. The fourth-order valence-corrected chi connectivity index (χ4v) is 2.04. The summed E-state index contributed by atoms with van der Waals surface area (Å²) < 4.78 is 9.99. The Kier molecular flexibility index (Phi) is 3.81. The van der Waals surface area contributed by atoms with Crippen LogP contribution < -0.4 is 0 Å². The molecule has 0 spiro atoms. The summed E-state index contributed by atoms with van der Waals surface area (Å²) in [6.07, 6.45) is 0.867. The van der Waals surface area contributed by atoms with E-state index in [1.54, 1.807) is 31.0 Å². The average molecular weight is 254 g/mol. The Morgan fingerprint density at radius 1 is 1.61 bits per heavy atom. The lowest BCUT2D eigenvalue weighted by Gasteiger charge is -2.20. The zero-order valence-corrected chi connectivity index (χ0v) is 10.9. The van der Waals surface area contributed by atoms with Crippen molar-refractivity contribution in [1.29, 1.82) is 0 Å². The zero-order chi connectivity index (χ0) is 13.1. The number of carbonyl (C=O) groups is 1. The molecule has 1 saturated heterocycles. The second-order valence-electron chi connectivity index (χ2n) is 4.59. The van der Waals surface area contributed by atoms with Crippen molar-refractivity contribution in [2.24, 2.45) is 0 Å². The van der Waals surface area contributed by atoms with E-state index >= 15 is 0 Å². The van der Waals surface area contributed by atoms with Crippen molar-refractivity contribution in [3.63, 3.8) is 0 Å². The third kappa shape index (κ3) is 2.61. The van der Waals surface area contributed by atoms with Gasteiger partial charge in [0.05, 0.1) is 0 Å². The first-order valence-corrected chi connectivity index (χ1v) is 5.89. The third-order valence-electron chi connectivity index (χ3n) is 2.96. The maximum atomic E-state index is 11.8. The van der Waals surface area contributed by atoms with Crippen molar-refractivity contribution < 1.29 is 14.1 Å². The van der Waals surface area contributed by atoms with E-state index in [9.17, 15) is 4.79 Å². The lowest BCUT2D eigenvalue weighted by Crippen LogP contribution is -2.37. The van der Waals surface area contributed by atoms with Gasteiger partial charge in [0.25, 0.3) is 5.89 Å². The first kappa shape index (κ1) is 12.8. The fourth-order valence-electron chi connectivity index (χ4n) is 2.04. The summed E-state index contributed by atoms with van der Waals surface area (Å²) in [6.45, 7) is 1.69. The molecule has 1 aliphatic heterocycles. The number of carbonyl (C=O) groups excluding carboxylic acids is 1. The summed E-state index contributed by atoms with van der Waals surface area (Å²) >= 11 is 0. The molecule has 0 N–H and O–H groups in total. The molecular weight excluding hydrogens is 236 g/mol. The first-order chi connectivity index (χ1) is 8.61. The molecule has 1 atom stereocenters. The molecule has 2 rings (SSSR count).